The molecule has 1 saturated carbocycles. The van der Waals surface area contributed by atoms with Crippen molar-refractivity contribution in [1.29, 1.82) is 0 Å². The molecule has 2 atom stereocenters. The molecule has 0 radical (unpaired) electrons. The summed E-state index contributed by atoms with van der Waals surface area (Å²) in [5, 5.41) is 11.8. The third-order valence-electron chi connectivity index (χ3n) is 4.05. The van der Waals surface area contributed by atoms with Gasteiger partial charge in [0.1, 0.15) is 6.04 Å². The molecule has 21 heavy (non-hydrogen) atoms. The molecule has 1 amide bonds. The lowest BCUT2D eigenvalue weighted by Gasteiger charge is -2.17. The van der Waals surface area contributed by atoms with E-state index in [2.05, 4.69) is 17.4 Å². The Morgan fingerprint density at radius 3 is 2.52 bits per heavy atom. The molecular formula is C17H23NO3. The number of amides is 1. The fraction of sp³-hybridized carbons (Fsp3) is 0.529. The summed E-state index contributed by atoms with van der Waals surface area (Å²) >= 11 is 0. The smallest absolute Gasteiger partial charge is 0.326 e. The van der Waals surface area contributed by atoms with Crippen LogP contribution in [0.4, 0.5) is 0 Å². The zero-order chi connectivity index (χ0) is 15.2. The molecular weight excluding hydrogens is 266 g/mol. The Labute approximate surface area is 125 Å². The lowest BCUT2D eigenvalue weighted by Crippen LogP contribution is -2.44. The van der Waals surface area contributed by atoms with Gasteiger partial charge in [-0.2, -0.15) is 0 Å². The first-order valence-electron chi connectivity index (χ1n) is 7.65. The second-order valence-electron chi connectivity index (χ2n) is 5.94. The molecule has 1 fully saturated rings. The van der Waals surface area contributed by atoms with Gasteiger partial charge in [-0.05, 0) is 43.6 Å². The van der Waals surface area contributed by atoms with Gasteiger partial charge in [-0.1, -0.05) is 37.3 Å². The molecule has 0 aliphatic heterocycles. The van der Waals surface area contributed by atoms with E-state index in [4.69, 9.17) is 5.11 Å². The Hall–Kier alpha value is -1.84. The van der Waals surface area contributed by atoms with Crippen molar-refractivity contribution >= 4 is 11.9 Å². The Balaban J connectivity index is 1.73. The molecule has 0 saturated heterocycles. The Kier molecular flexibility index (Phi) is 5.37. The quantitative estimate of drug-likeness (QED) is 0.773. The van der Waals surface area contributed by atoms with Gasteiger partial charge in [0.05, 0.1) is 0 Å². The average molecular weight is 289 g/mol. The molecule has 1 aromatic carbocycles. The van der Waals surface area contributed by atoms with E-state index in [-0.39, 0.29) is 17.7 Å². The molecule has 2 unspecified atom stereocenters. The van der Waals surface area contributed by atoms with Crippen LogP contribution in [-0.2, 0) is 16.0 Å². The molecule has 1 aliphatic rings. The van der Waals surface area contributed by atoms with Crippen molar-refractivity contribution in [3.63, 3.8) is 0 Å². The molecule has 2 N–H and O–H groups in total. The maximum atomic E-state index is 12.1. The summed E-state index contributed by atoms with van der Waals surface area (Å²) < 4.78 is 0. The number of carbonyl (C=O) groups is 2. The maximum Gasteiger partial charge on any atom is 0.326 e. The molecule has 1 aliphatic carbocycles. The highest BCUT2D eigenvalue weighted by Gasteiger charge is 2.37. The number of rotatable bonds is 8. The van der Waals surface area contributed by atoms with E-state index in [9.17, 15) is 9.59 Å². The van der Waals surface area contributed by atoms with Gasteiger partial charge < -0.3 is 10.4 Å². The van der Waals surface area contributed by atoms with E-state index < -0.39 is 12.0 Å². The first-order chi connectivity index (χ1) is 10.1. The van der Waals surface area contributed by atoms with Crippen LogP contribution in [0.5, 0.6) is 0 Å². The lowest BCUT2D eigenvalue weighted by atomic mass is 10.00. The number of aryl methyl sites for hydroxylation is 1. The minimum absolute atomic E-state index is 0.128. The molecule has 0 heterocycles. The van der Waals surface area contributed by atoms with Crippen LogP contribution in [0.15, 0.2) is 30.3 Å². The standard InChI is InChI=1S/C17H23NO3/c1-12(6-5-9-13-7-3-2-4-8-13)16(19)18-15(17(20)21)14-10-11-14/h2-4,7-8,12,14-15H,5-6,9-11H2,1H3,(H,18,19)(H,20,21). The highest BCUT2D eigenvalue weighted by Crippen LogP contribution is 2.32. The van der Waals surface area contributed by atoms with Gasteiger partial charge in [0, 0.05) is 5.92 Å². The highest BCUT2D eigenvalue weighted by atomic mass is 16.4. The number of nitrogens with one attached hydrogen (secondary N) is 1. The van der Waals surface area contributed by atoms with Crippen LogP contribution in [0.25, 0.3) is 0 Å². The maximum absolute atomic E-state index is 12.1. The van der Waals surface area contributed by atoms with Gasteiger partial charge in [0.2, 0.25) is 5.91 Å². The molecule has 0 bridgehead atoms. The van der Waals surface area contributed by atoms with Crippen LogP contribution >= 0.6 is 0 Å². The van der Waals surface area contributed by atoms with Crippen LogP contribution in [0.1, 0.15) is 38.2 Å². The predicted octanol–water partition coefficient (Wildman–Crippen LogP) is 2.62. The van der Waals surface area contributed by atoms with Gasteiger partial charge in [-0.3, -0.25) is 4.79 Å². The molecule has 4 nitrogen and oxygen atoms in total. The second kappa shape index (κ2) is 7.25. The number of carbonyl (C=O) groups excluding carboxylic acids is 1. The summed E-state index contributed by atoms with van der Waals surface area (Å²) in [6.45, 7) is 1.87. The van der Waals surface area contributed by atoms with Gasteiger partial charge >= 0.3 is 5.97 Å². The third kappa shape index (κ3) is 4.88. The first-order valence-corrected chi connectivity index (χ1v) is 7.65. The largest absolute Gasteiger partial charge is 0.480 e. The molecule has 114 valence electrons. The van der Waals surface area contributed by atoms with Crippen molar-refractivity contribution in [2.24, 2.45) is 11.8 Å². The van der Waals surface area contributed by atoms with E-state index in [0.717, 1.165) is 32.1 Å². The minimum Gasteiger partial charge on any atom is -0.480 e. The molecule has 1 aromatic rings. The van der Waals surface area contributed by atoms with E-state index in [1.54, 1.807) is 0 Å². The van der Waals surface area contributed by atoms with E-state index >= 15 is 0 Å². The number of hydrogen-bond donors (Lipinski definition) is 2. The summed E-state index contributed by atoms with van der Waals surface area (Å²) in [5.74, 6) is -1.07. The van der Waals surface area contributed by atoms with Crippen LogP contribution in [0.2, 0.25) is 0 Å². The van der Waals surface area contributed by atoms with Crippen LogP contribution in [0.3, 0.4) is 0 Å². The van der Waals surface area contributed by atoms with Crippen molar-refractivity contribution in [3.8, 4) is 0 Å². The topological polar surface area (TPSA) is 66.4 Å². The van der Waals surface area contributed by atoms with Crippen molar-refractivity contribution in [3.05, 3.63) is 35.9 Å². The lowest BCUT2D eigenvalue weighted by molar-refractivity contribution is -0.143. The van der Waals surface area contributed by atoms with Gasteiger partial charge in [-0.15, -0.1) is 0 Å². The number of hydrogen-bond acceptors (Lipinski definition) is 2. The predicted molar refractivity (Wildman–Crippen MR) is 80.8 cm³/mol. The zero-order valence-electron chi connectivity index (χ0n) is 12.4. The first kappa shape index (κ1) is 15.5. The number of benzene rings is 1. The summed E-state index contributed by atoms with van der Waals surface area (Å²) in [5.41, 5.74) is 1.27. The fourth-order valence-electron chi connectivity index (χ4n) is 2.49. The van der Waals surface area contributed by atoms with Crippen LogP contribution < -0.4 is 5.32 Å². The second-order valence-corrected chi connectivity index (χ2v) is 5.94. The monoisotopic (exact) mass is 289 g/mol. The molecule has 0 aromatic heterocycles. The fourth-order valence-corrected chi connectivity index (χ4v) is 2.49. The Bertz CT molecular complexity index is 482. The van der Waals surface area contributed by atoms with Crippen molar-refractivity contribution in [1.82, 2.24) is 5.32 Å². The van der Waals surface area contributed by atoms with Crippen LogP contribution in [-0.4, -0.2) is 23.0 Å². The van der Waals surface area contributed by atoms with Gasteiger partial charge in [-0.25, -0.2) is 4.79 Å². The van der Waals surface area contributed by atoms with Gasteiger partial charge in [0.25, 0.3) is 0 Å². The van der Waals surface area contributed by atoms with Crippen molar-refractivity contribution < 1.29 is 14.7 Å². The van der Waals surface area contributed by atoms with Crippen LogP contribution in [0, 0.1) is 11.8 Å². The van der Waals surface area contributed by atoms with E-state index in [1.807, 2.05) is 25.1 Å². The molecule has 0 spiro atoms. The summed E-state index contributed by atoms with van der Waals surface area (Å²) in [6.07, 6.45) is 4.46. The van der Waals surface area contributed by atoms with Crippen molar-refractivity contribution in [2.75, 3.05) is 0 Å². The summed E-state index contributed by atoms with van der Waals surface area (Å²) in [7, 11) is 0. The summed E-state index contributed by atoms with van der Waals surface area (Å²) in [6, 6.07) is 9.48. The van der Waals surface area contributed by atoms with Crippen molar-refractivity contribution in [2.45, 2.75) is 45.1 Å². The highest BCUT2D eigenvalue weighted by molar-refractivity contribution is 5.85. The Morgan fingerprint density at radius 2 is 1.95 bits per heavy atom. The third-order valence-corrected chi connectivity index (χ3v) is 4.05. The summed E-state index contributed by atoms with van der Waals surface area (Å²) in [4.78, 5) is 23.2. The van der Waals surface area contributed by atoms with E-state index in [1.165, 1.54) is 5.56 Å². The molecule has 4 heteroatoms. The SMILES string of the molecule is CC(CCCc1ccccc1)C(=O)NC(C(=O)O)C1CC1. The normalized spacial score (nSPS) is 17.0. The zero-order valence-corrected chi connectivity index (χ0v) is 12.4. The minimum atomic E-state index is -0.915. The van der Waals surface area contributed by atoms with Gasteiger partial charge in [0.15, 0.2) is 0 Å². The van der Waals surface area contributed by atoms with E-state index in [0.29, 0.717) is 0 Å². The number of carboxylic acid groups (broad SMARTS) is 1. The molecule has 2 rings (SSSR count). The average Bonchev–Trinajstić information content (AvgIpc) is 3.29. The number of aliphatic carboxylic acids is 1. The number of carboxylic acids is 1. The Morgan fingerprint density at radius 1 is 1.29 bits per heavy atom.